The van der Waals surface area contributed by atoms with E-state index in [-0.39, 0.29) is 0 Å². The first kappa shape index (κ1) is 41.1. The second-order valence-electron chi connectivity index (χ2n) is 17.2. The highest BCUT2D eigenvalue weighted by Crippen LogP contribution is 2.43. The van der Waals surface area contributed by atoms with Crippen LogP contribution in [-0.2, 0) is 0 Å². The summed E-state index contributed by atoms with van der Waals surface area (Å²) >= 11 is 0. The SMILES string of the molecule is C=Cc1c(/C=C\C)c2cc(N(c3ccc(C)cc3)c3ccc(-c4ccc(N(c5ccc(C)cc5)c5ccc6c(c5)c5ccccc5n6-c5ccccc5)cc4)cc3)ccc2n1-c1ccccc1. The zero-order valence-corrected chi connectivity index (χ0v) is 38.0. The molecule has 2 heterocycles. The molecule has 0 N–H and O–H groups in total. The van der Waals surface area contributed by atoms with E-state index < -0.39 is 0 Å². The topological polar surface area (TPSA) is 16.3 Å². The van der Waals surface area contributed by atoms with Crippen LogP contribution in [0.2, 0.25) is 0 Å². The van der Waals surface area contributed by atoms with Gasteiger partial charge in [0.2, 0.25) is 0 Å². The van der Waals surface area contributed by atoms with Gasteiger partial charge >= 0.3 is 0 Å². The Kier molecular flexibility index (Phi) is 10.7. The quantitative estimate of drug-likeness (QED) is 0.129. The summed E-state index contributed by atoms with van der Waals surface area (Å²) in [6.45, 7) is 10.6. The number of benzene rings is 9. The van der Waals surface area contributed by atoms with E-state index >= 15 is 0 Å². The summed E-state index contributed by atoms with van der Waals surface area (Å²) in [5, 5.41) is 3.62. The lowest BCUT2D eigenvalue weighted by Crippen LogP contribution is -2.10. The molecule has 0 unspecified atom stereocenters. The molecular weight excluding hydrogens is 813 g/mol. The molecule has 0 bridgehead atoms. The molecule has 11 aromatic rings. The molecule has 322 valence electrons. The fourth-order valence-corrected chi connectivity index (χ4v) is 9.70. The first-order chi connectivity index (χ1) is 33.0. The van der Waals surface area contributed by atoms with Crippen LogP contribution in [0.15, 0.2) is 231 Å². The molecule has 0 saturated carbocycles. The fraction of sp³-hybridized carbons (Fsp3) is 0.0476. The summed E-state index contributed by atoms with van der Waals surface area (Å²) in [6, 6.07) is 79.1. The molecule has 2 aromatic heterocycles. The third kappa shape index (κ3) is 7.49. The highest BCUT2D eigenvalue weighted by atomic mass is 15.1. The lowest BCUT2D eigenvalue weighted by Gasteiger charge is -2.26. The molecular formula is C63H50N4. The van der Waals surface area contributed by atoms with Crippen LogP contribution in [-0.4, -0.2) is 9.13 Å². The van der Waals surface area contributed by atoms with E-state index in [0.717, 1.165) is 73.4 Å². The Hall–Kier alpha value is -8.60. The van der Waals surface area contributed by atoms with Gasteiger partial charge in [0.25, 0.3) is 0 Å². The van der Waals surface area contributed by atoms with Crippen molar-refractivity contribution in [3.8, 4) is 22.5 Å². The van der Waals surface area contributed by atoms with Gasteiger partial charge in [-0.25, -0.2) is 0 Å². The van der Waals surface area contributed by atoms with Crippen molar-refractivity contribution in [2.24, 2.45) is 0 Å². The third-order valence-corrected chi connectivity index (χ3v) is 12.9. The van der Waals surface area contributed by atoms with Gasteiger partial charge in [0.15, 0.2) is 0 Å². The maximum absolute atomic E-state index is 4.25. The van der Waals surface area contributed by atoms with Crippen LogP contribution in [0, 0.1) is 13.8 Å². The molecule has 9 aromatic carbocycles. The molecule has 0 spiro atoms. The molecule has 0 radical (unpaired) electrons. The minimum Gasteiger partial charge on any atom is -0.310 e. The Bertz CT molecular complexity index is 3580. The summed E-state index contributed by atoms with van der Waals surface area (Å²) in [5.74, 6) is 0. The van der Waals surface area contributed by atoms with E-state index in [1.807, 2.05) is 6.08 Å². The van der Waals surface area contributed by atoms with Crippen molar-refractivity contribution in [2.75, 3.05) is 9.80 Å². The molecule has 0 aliphatic heterocycles. The lowest BCUT2D eigenvalue weighted by atomic mass is 10.0. The van der Waals surface area contributed by atoms with Gasteiger partial charge in [-0.1, -0.05) is 133 Å². The Balaban J connectivity index is 0.963. The first-order valence-corrected chi connectivity index (χ1v) is 23.0. The summed E-state index contributed by atoms with van der Waals surface area (Å²) in [7, 11) is 0. The molecule has 0 saturated heterocycles. The number of hydrogen-bond donors (Lipinski definition) is 0. The number of rotatable bonds is 11. The summed E-state index contributed by atoms with van der Waals surface area (Å²) in [5.41, 5.74) is 19.3. The second-order valence-corrected chi connectivity index (χ2v) is 17.2. The molecule has 4 nitrogen and oxygen atoms in total. The van der Waals surface area contributed by atoms with Crippen LogP contribution < -0.4 is 9.80 Å². The van der Waals surface area contributed by atoms with Crippen LogP contribution in [0.25, 0.3) is 67.4 Å². The summed E-state index contributed by atoms with van der Waals surface area (Å²) in [4.78, 5) is 4.72. The predicted octanol–water partition coefficient (Wildman–Crippen LogP) is 17.6. The van der Waals surface area contributed by atoms with Crippen LogP contribution in [0.4, 0.5) is 34.1 Å². The third-order valence-electron chi connectivity index (χ3n) is 12.9. The number of nitrogens with zero attached hydrogens (tertiary/aromatic N) is 4. The minimum absolute atomic E-state index is 1.07. The maximum Gasteiger partial charge on any atom is 0.0542 e. The van der Waals surface area contributed by atoms with Crippen molar-refractivity contribution in [3.05, 3.63) is 253 Å². The minimum atomic E-state index is 1.07. The summed E-state index contributed by atoms with van der Waals surface area (Å²) in [6.07, 6.45) is 6.28. The van der Waals surface area contributed by atoms with Gasteiger partial charge in [-0.3, -0.25) is 0 Å². The van der Waals surface area contributed by atoms with E-state index in [2.05, 4.69) is 277 Å². The van der Waals surface area contributed by atoms with E-state index in [9.17, 15) is 0 Å². The van der Waals surface area contributed by atoms with Crippen LogP contribution >= 0.6 is 0 Å². The lowest BCUT2D eigenvalue weighted by molar-refractivity contribution is 1.11. The van der Waals surface area contributed by atoms with Crippen molar-refractivity contribution in [1.29, 1.82) is 0 Å². The van der Waals surface area contributed by atoms with Crippen molar-refractivity contribution in [1.82, 2.24) is 9.13 Å². The van der Waals surface area contributed by atoms with Crippen molar-refractivity contribution >= 4 is 79.0 Å². The van der Waals surface area contributed by atoms with Gasteiger partial charge in [-0.2, -0.15) is 0 Å². The number of para-hydroxylation sites is 3. The first-order valence-electron chi connectivity index (χ1n) is 23.0. The molecule has 0 atom stereocenters. The predicted molar refractivity (Wildman–Crippen MR) is 287 cm³/mol. The van der Waals surface area contributed by atoms with Crippen LogP contribution in [0.3, 0.4) is 0 Å². The number of allylic oxidation sites excluding steroid dienone is 1. The summed E-state index contributed by atoms with van der Waals surface area (Å²) < 4.78 is 4.68. The zero-order chi connectivity index (χ0) is 45.4. The van der Waals surface area contributed by atoms with E-state index in [4.69, 9.17) is 0 Å². The molecule has 0 fully saturated rings. The second kappa shape index (κ2) is 17.4. The Morgan fingerprint density at radius 3 is 1.28 bits per heavy atom. The monoisotopic (exact) mass is 862 g/mol. The number of fused-ring (bicyclic) bond motifs is 4. The molecule has 11 rings (SSSR count). The van der Waals surface area contributed by atoms with Crippen molar-refractivity contribution in [2.45, 2.75) is 20.8 Å². The number of aromatic nitrogens is 2. The Morgan fingerprint density at radius 2 is 0.791 bits per heavy atom. The Morgan fingerprint density at radius 1 is 0.388 bits per heavy atom. The highest BCUT2D eigenvalue weighted by molar-refractivity contribution is 6.10. The van der Waals surface area contributed by atoms with Gasteiger partial charge in [0, 0.05) is 67.2 Å². The molecule has 0 aliphatic carbocycles. The highest BCUT2D eigenvalue weighted by Gasteiger charge is 2.21. The number of aryl methyl sites for hydroxylation is 2. The van der Waals surface area contributed by atoms with Crippen LogP contribution in [0.1, 0.15) is 29.3 Å². The van der Waals surface area contributed by atoms with Crippen LogP contribution in [0.5, 0.6) is 0 Å². The van der Waals surface area contributed by atoms with Crippen molar-refractivity contribution in [3.63, 3.8) is 0 Å². The largest absolute Gasteiger partial charge is 0.310 e. The van der Waals surface area contributed by atoms with Gasteiger partial charge in [-0.15, -0.1) is 0 Å². The Labute approximate surface area is 392 Å². The van der Waals surface area contributed by atoms with E-state index in [1.165, 1.54) is 38.3 Å². The van der Waals surface area contributed by atoms with E-state index in [1.54, 1.807) is 0 Å². The fourth-order valence-electron chi connectivity index (χ4n) is 9.70. The molecule has 4 heteroatoms. The average Bonchev–Trinajstić information content (AvgIpc) is 3.88. The van der Waals surface area contributed by atoms with Gasteiger partial charge in [0.05, 0.1) is 22.2 Å². The standard InChI is InChI=1S/C63H50N4/c1-5-15-56-58-42-54(38-40-62(58)66(60(56)6-2)48-16-9-7-10-17-48)64(50-30-22-44(3)23-31-50)52-34-26-46(27-35-52)47-28-36-53(37-29-47)65(51-32-24-45(4)25-33-51)55-39-41-63-59(43-55)57-20-13-14-21-61(57)67(63)49-18-11-8-12-19-49/h5-43H,2H2,1,3-4H3/b15-5-. The normalized spacial score (nSPS) is 11.5. The number of hydrogen-bond acceptors (Lipinski definition) is 2. The number of anilines is 6. The zero-order valence-electron chi connectivity index (χ0n) is 38.0. The molecule has 0 aliphatic rings. The maximum atomic E-state index is 4.25. The average molecular weight is 863 g/mol. The van der Waals surface area contributed by atoms with Gasteiger partial charge in [-0.05, 0) is 153 Å². The van der Waals surface area contributed by atoms with Gasteiger partial charge < -0.3 is 18.9 Å². The molecule has 67 heavy (non-hydrogen) atoms. The van der Waals surface area contributed by atoms with Gasteiger partial charge in [0.1, 0.15) is 0 Å². The smallest absolute Gasteiger partial charge is 0.0542 e. The van der Waals surface area contributed by atoms with E-state index in [0.29, 0.717) is 0 Å². The molecule has 0 amide bonds. The van der Waals surface area contributed by atoms with Crippen molar-refractivity contribution < 1.29 is 0 Å².